The van der Waals surface area contributed by atoms with Crippen LogP contribution in [0.5, 0.6) is 17.2 Å². The number of thiazole rings is 1. The molecule has 10 heteroatoms. The van der Waals surface area contributed by atoms with Crippen molar-refractivity contribution >= 4 is 22.3 Å². The van der Waals surface area contributed by atoms with Gasteiger partial charge in [-0.05, 0) is 36.4 Å². The third-order valence-corrected chi connectivity index (χ3v) is 6.03. The fraction of sp³-hybridized carbons (Fsp3) is 0.167. The largest absolute Gasteiger partial charge is 0.497 e. The summed E-state index contributed by atoms with van der Waals surface area (Å²) >= 11 is 1.40. The normalized spacial score (nSPS) is 11.0. The van der Waals surface area contributed by atoms with E-state index < -0.39 is 5.63 Å². The monoisotopic (exact) mass is 477 g/mol. The lowest BCUT2D eigenvalue weighted by Gasteiger charge is -2.07. The summed E-state index contributed by atoms with van der Waals surface area (Å²) in [6.45, 7) is 0. The van der Waals surface area contributed by atoms with E-state index in [0.29, 0.717) is 52.2 Å². The topological polar surface area (TPSA) is 110 Å². The molecule has 5 aromatic rings. The third kappa shape index (κ3) is 4.11. The second-order valence-corrected chi connectivity index (χ2v) is 8.18. The smallest absolute Gasteiger partial charge is 0.345 e. The molecule has 9 nitrogen and oxygen atoms in total. The molecular weight excluding hydrogens is 458 g/mol. The summed E-state index contributed by atoms with van der Waals surface area (Å²) in [5.74, 6) is 2.64. The number of aromatic nitrogens is 3. The van der Waals surface area contributed by atoms with Gasteiger partial charge in [-0.15, -0.1) is 11.3 Å². The van der Waals surface area contributed by atoms with Gasteiger partial charge < -0.3 is 23.2 Å². The highest BCUT2D eigenvalue weighted by atomic mass is 32.1. The Morgan fingerprint density at radius 3 is 2.59 bits per heavy atom. The van der Waals surface area contributed by atoms with Crippen molar-refractivity contribution in [2.24, 2.45) is 0 Å². The van der Waals surface area contributed by atoms with Crippen LogP contribution < -0.4 is 19.8 Å². The van der Waals surface area contributed by atoms with Gasteiger partial charge in [-0.2, -0.15) is 4.98 Å². The summed E-state index contributed by atoms with van der Waals surface area (Å²) in [5.41, 5.74) is 1.64. The van der Waals surface area contributed by atoms with E-state index in [1.165, 1.54) is 11.3 Å². The van der Waals surface area contributed by atoms with Gasteiger partial charge in [0.05, 0.1) is 39.0 Å². The number of nitrogens with zero attached hydrogens (tertiary/aromatic N) is 3. The Bertz CT molecular complexity index is 1540. The van der Waals surface area contributed by atoms with Crippen LogP contribution in [0.3, 0.4) is 0 Å². The molecule has 0 amide bonds. The Morgan fingerprint density at radius 2 is 1.79 bits per heavy atom. The van der Waals surface area contributed by atoms with Gasteiger partial charge in [0.2, 0.25) is 11.7 Å². The zero-order chi connectivity index (χ0) is 23.7. The predicted molar refractivity (Wildman–Crippen MR) is 126 cm³/mol. The van der Waals surface area contributed by atoms with Crippen molar-refractivity contribution in [3.63, 3.8) is 0 Å². The molecule has 5 rings (SSSR count). The first-order chi connectivity index (χ1) is 16.6. The van der Waals surface area contributed by atoms with Crippen LogP contribution in [0.15, 0.2) is 61.6 Å². The van der Waals surface area contributed by atoms with Gasteiger partial charge in [0.25, 0.3) is 0 Å². The van der Waals surface area contributed by atoms with Gasteiger partial charge >= 0.3 is 5.63 Å². The summed E-state index contributed by atoms with van der Waals surface area (Å²) in [5, 5.41) is 7.38. The van der Waals surface area contributed by atoms with Crippen LogP contribution in [0.2, 0.25) is 0 Å². The van der Waals surface area contributed by atoms with Crippen LogP contribution in [0.1, 0.15) is 10.9 Å². The molecule has 0 radical (unpaired) electrons. The molecule has 3 aromatic heterocycles. The minimum absolute atomic E-state index is 0.334. The van der Waals surface area contributed by atoms with Crippen LogP contribution in [0.25, 0.3) is 33.6 Å². The standard InChI is InChI=1S/C24H19N3O6S/c1-29-15-6-4-13-8-16(24(28)32-19(13)10-15)17-12-34-22(25-17)11-21-26-23(27-33-21)14-5-7-18(30-2)20(9-14)31-3/h4-10,12H,11H2,1-3H3. The van der Waals surface area contributed by atoms with E-state index in [1.54, 1.807) is 45.6 Å². The fourth-order valence-corrected chi connectivity index (χ4v) is 4.25. The van der Waals surface area contributed by atoms with Crippen molar-refractivity contribution in [2.45, 2.75) is 6.42 Å². The van der Waals surface area contributed by atoms with Crippen LogP contribution in [-0.4, -0.2) is 36.5 Å². The van der Waals surface area contributed by atoms with Crippen molar-refractivity contribution in [3.8, 4) is 39.9 Å². The molecule has 0 bridgehead atoms. The maximum atomic E-state index is 12.6. The Balaban J connectivity index is 1.38. The van der Waals surface area contributed by atoms with Crippen LogP contribution in [0, 0.1) is 0 Å². The molecule has 172 valence electrons. The summed E-state index contributed by atoms with van der Waals surface area (Å²) in [6.07, 6.45) is 0.334. The molecule has 0 N–H and O–H groups in total. The molecule has 2 aromatic carbocycles. The average Bonchev–Trinajstić information content (AvgIpc) is 3.53. The third-order valence-electron chi connectivity index (χ3n) is 5.18. The van der Waals surface area contributed by atoms with Gasteiger partial charge in [0, 0.05) is 22.4 Å². The molecule has 0 saturated carbocycles. The zero-order valence-electron chi connectivity index (χ0n) is 18.5. The lowest BCUT2D eigenvalue weighted by molar-refractivity contribution is 0.355. The van der Waals surface area contributed by atoms with E-state index in [4.69, 9.17) is 23.2 Å². The molecular formula is C24H19N3O6S. The lowest BCUT2D eigenvalue weighted by Crippen LogP contribution is -2.03. The van der Waals surface area contributed by atoms with E-state index in [2.05, 4.69) is 15.1 Å². The summed E-state index contributed by atoms with van der Waals surface area (Å²) in [4.78, 5) is 21.6. The summed E-state index contributed by atoms with van der Waals surface area (Å²) in [6, 6.07) is 12.5. The summed E-state index contributed by atoms with van der Waals surface area (Å²) in [7, 11) is 4.70. The minimum Gasteiger partial charge on any atom is -0.497 e. The van der Waals surface area contributed by atoms with E-state index in [1.807, 2.05) is 23.6 Å². The van der Waals surface area contributed by atoms with Crippen LogP contribution in [0.4, 0.5) is 0 Å². The first-order valence-corrected chi connectivity index (χ1v) is 11.1. The van der Waals surface area contributed by atoms with E-state index in [0.717, 1.165) is 16.0 Å². The molecule has 0 spiro atoms. The van der Waals surface area contributed by atoms with Crippen molar-refractivity contribution in [2.75, 3.05) is 21.3 Å². The van der Waals surface area contributed by atoms with E-state index >= 15 is 0 Å². The highest BCUT2D eigenvalue weighted by Crippen LogP contribution is 2.31. The number of hydrogen-bond donors (Lipinski definition) is 0. The maximum Gasteiger partial charge on any atom is 0.345 e. The van der Waals surface area contributed by atoms with Crippen LogP contribution in [-0.2, 0) is 6.42 Å². The minimum atomic E-state index is -0.467. The molecule has 34 heavy (non-hydrogen) atoms. The number of benzene rings is 2. The highest BCUT2D eigenvalue weighted by molar-refractivity contribution is 7.10. The molecule has 0 aliphatic carbocycles. The number of rotatable bonds is 7. The highest BCUT2D eigenvalue weighted by Gasteiger charge is 2.16. The SMILES string of the molecule is COc1ccc2cc(-c3csc(Cc4nc(-c5ccc(OC)c(OC)c5)no4)n3)c(=O)oc2c1. The van der Waals surface area contributed by atoms with Gasteiger partial charge in [-0.1, -0.05) is 5.16 Å². The second-order valence-electron chi connectivity index (χ2n) is 7.24. The first kappa shape index (κ1) is 21.7. The Morgan fingerprint density at radius 1 is 0.941 bits per heavy atom. The fourth-order valence-electron chi connectivity index (χ4n) is 3.46. The number of hydrogen-bond acceptors (Lipinski definition) is 10. The quantitative estimate of drug-likeness (QED) is 0.311. The average molecular weight is 477 g/mol. The molecule has 0 aliphatic rings. The zero-order valence-corrected chi connectivity index (χ0v) is 19.3. The Kier molecular flexibility index (Phi) is 5.72. The first-order valence-electron chi connectivity index (χ1n) is 10.2. The van der Waals surface area contributed by atoms with Gasteiger partial charge in [0.1, 0.15) is 16.3 Å². The van der Waals surface area contributed by atoms with Crippen molar-refractivity contribution in [1.82, 2.24) is 15.1 Å². The number of methoxy groups -OCH3 is 3. The van der Waals surface area contributed by atoms with Crippen molar-refractivity contribution in [1.29, 1.82) is 0 Å². The van der Waals surface area contributed by atoms with E-state index in [-0.39, 0.29) is 0 Å². The Hall–Kier alpha value is -4.18. The molecule has 0 unspecified atom stereocenters. The summed E-state index contributed by atoms with van der Waals surface area (Å²) < 4.78 is 26.7. The molecule has 0 fully saturated rings. The molecule has 0 atom stereocenters. The van der Waals surface area contributed by atoms with Gasteiger partial charge in [0.15, 0.2) is 11.5 Å². The van der Waals surface area contributed by atoms with Gasteiger partial charge in [-0.3, -0.25) is 0 Å². The van der Waals surface area contributed by atoms with E-state index in [9.17, 15) is 4.79 Å². The Labute approximate surface area is 197 Å². The lowest BCUT2D eigenvalue weighted by atomic mass is 10.1. The van der Waals surface area contributed by atoms with Crippen molar-refractivity contribution < 1.29 is 23.2 Å². The number of ether oxygens (including phenoxy) is 3. The molecule has 3 heterocycles. The predicted octanol–water partition coefficient (Wildman–Crippen LogP) is 4.58. The number of fused-ring (bicyclic) bond motifs is 1. The maximum absolute atomic E-state index is 12.6. The van der Waals surface area contributed by atoms with Gasteiger partial charge in [-0.25, -0.2) is 9.78 Å². The molecule has 0 aliphatic heterocycles. The molecule has 0 saturated heterocycles. The van der Waals surface area contributed by atoms with Crippen LogP contribution >= 0.6 is 11.3 Å². The van der Waals surface area contributed by atoms with Crippen molar-refractivity contribution in [3.05, 3.63) is 69.2 Å². The second kappa shape index (κ2) is 8.99.